The first-order valence-electron chi connectivity index (χ1n) is 7.58. The Labute approximate surface area is 124 Å². The molecule has 3 heteroatoms. The largest absolute Gasteiger partial charge is 0.206 e. The van der Waals surface area contributed by atoms with Gasteiger partial charge in [-0.2, -0.15) is 10.2 Å². The van der Waals surface area contributed by atoms with Gasteiger partial charge in [0.2, 0.25) is 0 Å². The molecule has 2 unspecified atom stereocenters. The molecular weight excluding hydrogens is 263 g/mol. The van der Waals surface area contributed by atoms with Crippen LogP contribution in [0, 0.1) is 11.2 Å². The molecule has 1 fully saturated rings. The Balaban J connectivity index is 1.89. The predicted molar refractivity (Wildman–Crippen MR) is 80.5 cm³/mol. The van der Waals surface area contributed by atoms with Gasteiger partial charge >= 0.3 is 0 Å². The summed E-state index contributed by atoms with van der Waals surface area (Å²) in [5.74, 6) is 0.277. The molecule has 0 N–H and O–H groups in total. The Morgan fingerprint density at radius 1 is 1.14 bits per heavy atom. The molecule has 4 rings (SSSR count). The van der Waals surface area contributed by atoms with E-state index in [2.05, 4.69) is 37.0 Å². The first kappa shape index (κ1) is 12.9. The van der Waals surface area contributed by atoms with Crippen molar-refractivity contribution in [3.63, 3.8) is 0 Å². The summed E-state index contributed by atoms with van der Waals surface area (Å²) in [5, 5.41) is 8.83. The molecule has 2 aliphatic carbocycles. The van der Waals surface area contributed by atoms with Gasteiger partial charge in [-0.15, -0.1) is 0 Å². The van der Waals surface area contributed by atoms with Crippen LogP contribution in [0.3, 0.4) is 0 Å². The highest BCUT2D eigenvalue weighted by atomic mass is 19.1. The van der Waals surface area contributed by atoms with Crippen molar-refractivity contribution in [1.82, 2.24) is 10.2 Å². The lowest BCUT2D eigenvalue weighted by atomic mass is 9.70. The molecular formula is C18H19FN2. The fourth-order valence-corrected chi connectivity index (χ4v) is 4.37. The van der Waals surface area contributed by atoms with Gasteiger partial charge in [-0.25, -0.2) is 4.39 Å². The summed E-state index contributed by atoms with van der Waals surface area (Å²) in [6, 6.07) is 8.85. The zero-order chi connectivity index (χ0) is 14.8. The van der Waals surface area contributed by atoms with E-state index in [0.717, 1.165) is 5.69 Å². The van der Waals surface area contributed by atoms with E-state index in [9.17, 15) is 4.39 Å². The Morgan fingerprint density at radius 3 is 2.67 bits per heavy atom. The summed E-state index contributed by atoms with van der Waals surface area (Å²) >= 11 is 0. The highest BCUT2D eigenvalue weighted by Gasteiger charge is 2.60. The second-order valence-electron chi connectivity index (χ2n) is 7.16. The van der Waals surface area contributed by atoms with Gasteiger partial charge in [-0.3, -0.25) is 0 Å². The highest BCUT2D eigenvalue weighted by molar-refractivity contribution is 5.62. The topological polar surface area (TPSA) is 25.8 Å². The first-order valence-corrected chi connectivity index (χ1v) is 7.58. The van der Waals surface area contributed by atoms with Gasteiger partial charge in [0.05, 0.1) is 11.4 Å². The second kappa shape index (κ2) is 3.90. The third kappa shape index (κ3) is 1.47. The van der Waals surface area contributed by atoms with Crippen molar-refractivity contribution in [3.05, 3.63) is 47.4 Å². The van der Waals surface area contributed by atoms with E-state index in [1.807, 2.05) is 6.07 Å². The molecule has 2 aliphatic rings. The van der Waals surface area contributed by atoms with Gasteiger partial charge in [0.25, 0.3) is 0 Å². The number of hydrogen-bond acceptors (Lipinski definition) is 2. The molecule has 2 aromatic rings. The van der Waals surface area contributed by atoms with Gasteiger partial charge in [0.1, 0.15) is 5.82 Å². The molecule has 1 aromatic heterocycles. The lowest BCUT2D eigenvalue weighted by Gasteiger charge is -2.33. The molecule has 0 amide bonds. The van der Waals surface area contributed by atoms with Crippen molar-refractivity contribution < 1.29 is 4.39 Å². The van der Waals surface area contributed by atoms with Crippen molar-refractivity contribution in [1.29, 1.82) is 0 Å². The first-order chi connectivity index (χ1) is 9.95. The molecule has 2 bridgehead atoms. The summed E-state index contributed by atoms with van der Waals surface area (Å²) in [7, 11) is 0. The number of hydrogen-bond donors (Lipinski definition) is 0. The number of aromatic nitrogens is 2. The van der Waals surface area contributed by atoms with Crippen LogP contribution in [0.4, 0.5) is 4.39 Å². The van der Waals surface area contributed by atoms with E-state index < -0.39 is 0 Å². The second-order valence-corrected chi connectivity index (χ2v) is 7.16. The van der Waals surface area contributed by atoms with Gasteiger partial charge in [0.15, 0.2) is 0 Å². The maximum Gasteiger partial charge on any atom is 0.132 e. The average molecular weight is 282 g/mol. The number of halogens is 1. The van der Waals surface area contributed by atoms with Crippen LogP contribution < -0.4 is 0 Å². The van der Waals surface area contributed by atoms with Crippen LogP contribution >= 0.6 is 0 Å². The summed E-state index contributed by atoms with van der Waals surface area (Å²) in [5.41, 5.74) is 3.91. The van der Waals surface area contributed by atoms with Crippen molar-refractivity contribution in [2.45, 2.75) is 44.9 Å². The van der Waals surface area contributed by atoms with Crippen molar-refractivity contribution in [3.8, 4) is 11.3 Å². The molecule has 108 valence electrons. The fraction of sp³-hybridized carbons (Fsp3) is 0.444. The van der Waals surface area contributed by atoms with Crippen LogP contribution in [-0.4, -0.2) is 10.2 Å². The minimum Gasteiger partial charge on any atom is -0.206 e. The minimum absolute atomic E-state index is 0.105. The maximum absolute atomic E-state index is 14.0. The summed E-state index contributed by atoms with van der Waals surface area (Å²) in [6.45, 7) is 6.96. The molecule has 2 atom stereocenters. The normalized spacial score (nSPS) is 28.7. The maximum atomic E-state index is 14.0. The smallest absolute Gasteiger partial charge is 0.132 e. The average Bonchev–Trinajstić information content (AvgIpc) is 2.79. The Kier molecular flexibility index (Phi) is 2.40. The quantitative estimate of drug-likeness (QED) is 0.772. The van der Waals surface area contributed by atoms with Crippen molar-refractivity contribution in [2.24, 2.45) is 5.41 Å². The van der Waals surface area contributed by atoms with E-state index >= 15 is 0 Å². The Morgan fingerprint density at radius 2 is 1.90 bits per heavy atom. The van der Waals surface area contributed by atoms with Gasteiger partial charge in [-0.05, 0) is 47.9 Å². The molecule has 0 aliphatic heterocycles. The molecule has 0 saturated heterocycles. The molecule has 21 heavy (non-hydrogen) atoms. The van der Waals surface area contributed by atoms with Crippen LogP contribution in [0.15, 0.2) is 30.3 Å². The molecule has 2 nitrogen and oxygen atoms in total. The van der Waals surface area contributed by atoms with E-state index in [1.54, 1.807) is 12.1 Å². The van der Waals surface area contributed by atoms with Gasteiger partial charge in [0, 0.05) is 11.0 Å². The van der Waals surface area contributed by atoms with E-state index in [-0.39, 0.29) is 16.6 Å². The number of fused-ring (bicyclic) bond motifs is 5. The lowest BCUT2D eigenvalue weighted by Crippen LogP contribution is -2.32. The number of rotatable bonds is 1. The van der Waals surface area contributed by atoms with Gasteiger partial charge < -0.3 is 0 Å². The van der Waals surface area contributed by atoms with Gasteiger partial charge in [-0.1, -0.05) is 32.9 Å². The van der Waals surface area contributed by atoms with Crippen LogP contribution in [-0.2, 0) is 5.41 Å². The van der Waals surface area contributed by atoms with Crippen LogP contribution in [0.1, 0.15) is 50.8 Å². The minimum atomic E-state index is -0.236. The van der Waals surface area contributed by atoms with Crippen molar-refractivity contribution >= 4 is 0 Å². The third-order valence-electron chi connectivity index (χ3n) is 6.10. The zero-order valence-electron chi connectivity index (χ0n) is 12.7. The third-order valence-corrected chi connectivity index (χ3v) is 6.10. The standard InChI is InChI=1S/C18H19FN2/c1-17(2)13-8-9-18(17,3)16-12(13)10-15(20-21-16)11-6-4-5-7-14(11)19/h4-7,10,13H,8-9H2,1-3H3. The SMILES string of the molecule is CC12CCC(c3cc(-c4ccccc4F)nnc31)C2(C)C. The molecule has 1 saturated carbocycles. The van der Waals surface area contributed by atoms with E-state index in [0.29, 0.717) is 17.2 Å². The lowest BCUT2D eigenvalue weighted by molar-refractivity contribution is 0.226. The Bertz CT molecular complexity index is 738. The molecule has 1 aromatic carbocycles. The number of benzene rings is 1. The molecule has 1 heterocycles. The molecule has 0 spiro atoms. The zero-order valence-corrected chi connectivity index (χ0v) is 12.7. The summed E-state index contributed by atoms with van der Waals surface area (Å²) < 4.78 is 14.0. The van der Waals surface area contributed by atoms with Crippen LogP contribution in [0.25, 0.3) is 11.3 Å². The summed E-state index contributed by atoms with van der Waals surface area (Å²) in [4.78, 5) is 0. The Hall–Kier alpha value is -1.77. The van der Waals surface area contributed by atoms with E-state index in [1.165, 1.54) is 24.5 Å². The fourth-order valence-electron chi connectivity index (χ4n) is 4.37. The van der Waals surface area contributed by atoms with E-state index in [4.69, 9.17) is 0 Å². The molecule has 0 radical (unpaired) electrons. The van der Waals surface area contributed by atoms with Crippen LogP contribution in [0.5, 0.6) is 0 Å². The number of nitrogens with zero attached hydrogens (tertiary/aromatic N) is 2. The highest BCUT2D eigenvalue weighted by Crippen LogP contribution is 2.67. The van der Waals surface area contributed by atoms with Crippen LogP contribution in [0.2, 0.25) is 0 Å². The predicted octanol–water partition coefficient (Wildman–Crippen LogP) is 4.46. The van der Waals surface area contributed by atoms with Crippen molar-refractivity contribution in [2.75, 3.05) is 0 Å². The summed E-state index contributed by atoms with van der Waals surface area (Å²) in [6.07, 6.45) is 2.37. The monoisotopic (exact) mass is 282 g/mol.